The van der Waals surface area contributed by atoms with Crippen LogP contribution in [0.15, 0.2) is 35.1 Å². The average Bonchev–Trinajstić information content (AvgIpc) is 2.61. The number of hydrogen-bond acceptors (Lipinski definition) is 4. The van der Waals surface area contributed by atoms with Crippen LogP contribution in [0, 0.1) is 0 Å². The van der Waals surface area contributed by atoms with Crippen molar-refractivity contribution in [3.8, 4) is 11.5 Å². The summed E-state index contributed by atoms with van der Waals surface area (Å²) in [6, 6.07) is 8.52. The lowest BCUT2D eigenvalue weighted by Crippen LogP contribution is -2.10. The molecule has 128 valence electrons. The highest BCUT2D eigenvalue weighted by Gasteiger charge is 2.10. The molecular formula is C18H14Cl2N2O3. The maximum Gasteiger partial charge on any atom is 0.259 e. The molecule has 0 saturated carbocycles. The number of halogens is 2. The third-order valence-corrected chi connectivity index (χ3v) is 4.35. The summed E-state index contributed by atoms with van der Waals surface area (Å²) in [4.78, 5) is 19.5. The van der Waals surface area contributed by atoms with Crippen molar-refractivity contribution in [3.05, 3.63) is 62.1 Å². The lowest BCUT2D eigenvalue weighted by Gasteiger charge is -2.08. The second-order valence-electron chi connectivity index (χ2n) is 5.18. The predicted molar refractivity (Wildman–Crippen MR) is 101 cm³/mol. The van der Waals surface area contributed by atoms with Gasteiger partial charge in [0.1, 0.15) is 5.82 Å². The summed E-state index contributed by atoms with van der Waals surface area (Å²) in [7, 11) is 3.04. The topological polar surface area (TPSA) is 64.2 Å². The molecule has 1 N–H and O–H groups in total. The minimum absolute atomic E-state index is 0.264. The van der Waals surface area contributed by atoms with Crippen molar-refractivity contribution in [1.29, 1.82) is 0 Å². The minimum atomic E-state index is -0.264. The number of benzene rings is 2. The van der Waals surface area contributed by atoms with Crippen LogP contribution in [-0.4, -0.2) is 24.2 Å². The lowest BCUT2D eigenvalue weighted by atomic mass is 10.2. The Morgan fingerprint density at radius 2 is 1.72 bits per heavy atom. The molecule has 0 aliphatic heterocycles. The quantitative estimate of drug-likeness (QED) is 0.731. The van der Waals surface area contributed by atoms with Gasteiger partial charge < -0.3 is 14.5 Å². The van der Waals surface area contributed by atoms with Crippen molar-refractivity contribution in [2.45, 2.75) is 0 Å². The van der Waals surface area contributed by atoms with E-state index >= 15 is 0 Å². The fourth-order valence-corrected chi connectivity index (χ4v) is 2.66. The van der Waals surface area contributed by atoms with Crippen LogP contribution in [0.4, 0.5) is 0 Å². The van der Waals surface area contributed by atoms with Gasteiger partial charge in [-0.3, -0.25) is 4.79 Å². The van der Waals surface area contributed by atoms with Crippen molar-refractivity contribution in [2.75, 3.05) is 14.2 Å². The smallest absolute Gasteiger partial charge is 0.259 e. The first-order chi connectivity index (χ1) is 12.0. The molecule has 2 aromatic carbocycles. The molecule has 0 saturated heterocycles. The van der Waals surface area contributed by atoms with Crippen molar-refractivity contribution in [2.24, 2.45) is 0 Å². The van der Waals surface area contributed by atoms with Gasteiger partial charge in [0.2, 0.25) is 0 Å². The monoisotopic (exact) mass is 376 g/mol. The van der Waals surface area contributed by atoms with Gasteiger partial charge in [-0.15, -0.1) is 0 Å². The van der Waals surface area contributed by atoms with Crippen molar-refractivity contribution < 1.29 is 9.47 Å². The molecule has 5 nitrogen and oxygen atoms in total. The largest absolute Gasteiger partial charge is 0.493 e. The van der Waals surface area contributed by atoms with E-state index in [1.165, 1.54) is 14.2 Å². The zero-order valence-electron chi connectivity index (χ0n) is 13.5. The zero-order chi connectivity index (χ0) is 18.0. The molecule has 1 aromatic heterocycles. The van der Waals surface area contributed by atoms with E-state index in [2.05, 4.69) is 9.97 Å². The van der Waals surface area contributed by atoms with E-state index in [-0.39, 0.29) is 5.56 Å². The number of aromatic amines is 1. The summed E-state index contributed by atoms with van der Waals surface area (Å²) in [5.41, 5.74) is 1.08. The van der Waals surface area contributed by atoms with E-state index in [1.54, 1.807) is 36.4 Å². The minimum Gasteiger partial charge on any atom is -0.493 e. The van der Waals surface area contributed by atoms with Crippen LogP contribution in [0.2, 0.25) is 10.0 Å². The van der Waals surface area contributed by atoms with Gasteiger partial charge in [0.25, 0.3) is 5.56 Å². The van der Waals surface area contributed by atoms with Crippen LogP contribution in [0.1, 0.15) is 11.4 Å². The number of fused-ring (bicyclic) bond motifs is 1. The molecule has 0 bridgehead atoms. The molecule has 3 rings (SSSR count). The molecule has 0 fully saturated rings. The Bertz CT molecular complexity index is 1030. The Morgan fingerprint density at radius 1 is 1.00 bits per heavy atom. The number of nitrogens with zero attached hydrogens (tertiary/aromatic N) is 1. The van der Waals surface area contributed by atoms with Crippen LogP contribution in [0.25, 0.3) is 23.1 Å². The summed E-state index contributed by atoms with van der Waals surface area (Å²) in [6.45, 7) is 0. The van der Waals surface area contributed by atoms with Gasteiger partial charge in [0.15, 0.2) is 11.5 Å². The van der Waals surface area contributed by atoms with E-state index in [9.17, 15) is 4.79 Å². The van der Waals surface area contributed by atoms with Crippen molar-refractivity contribution in [3.63, 3.8) is 0 Å². The molecule has 7 heteroatoms. The van der Waals surface area contributed by atoms with E-state index < -0.39 is 0 Å². The Kier molecular flexibility index (Phi) is 4.97. The highest BCUT2D eigenvalue weighted by atomic mass is 35.5. The highest BCUT2D eigenvalue weighted by Crippen LogP contribution is 2.30. The maximum atomic E-state index is 12.3. The summed E-state index contributed by atoms with van der Waals surface area (Å²) in [6.07, 6.45) is 3.48. The highest BCUT2D eigenvalue weighted by molar-refractivity contribution is 6.42. The molecule has 0 atom stereocenters. The SMILES string of the molecule is COc1cc2nc(/C=C/c3ccc(Cl)c(Cl)c3)[nH]c(=O)c2cc1OC. The second-order valence-corrected chi connectivity index (χ2v) is 6.00. The van der Waals surface area contributed by atoms with Gasteiger partial charge in [-0.1, -0.05) is 35.3 Å². The Hall–Kier alpha value is -2.50. The number of hydrogen-bond donors (Lipinski definition) is 1. The Balaban J connectivity index is 2.03. The number of methoxy groups -OCH3 is 2. The summed E-state index contributed by atoms with van der Waals surface area (Å²) >= 11 is 11.9. The fourth-order valence-electron chi connectivity index (χ4n) is 2.35. The van der Waals surface area contributed by atoms with Gasteiger partial charge in [-0.05, 0) is 29.8 Å². The van der Waals surface area contributed by atoms with Gasteiger partial charge in [-0.2, -0.15) is 0 Å². The Labute approximate surface area is 153 Å². The number of H-pyrrole nitrogens is 1. The molecule has 0 spiro atoms. The van der Waals surface area contributed by atoms with Gasteiger partial charge in [-0.25, -0.2) is 4.98 Å². The van der Waals surface area contributed by atoms with E-state index in [0.29, 0.717) is 38.3 Å². The number of rotatable bonds is 4. The first-order valence-electron chi connectivity index (χ1n) is 7.31. The number of aromatic nitrogens is 2. The normalized spacial score (nSPS) is 11.2. The molecule has 0 unspecified atom stereocenters. The van der Waals surface area contributed by atoms with Crippen LogP contribution < -0.4 is 15.0 Å². The summed E-state index contributed by atoms with van der Waals surface area (Å²) < 4.78 is 10.5. The first kappa shape index (κ1) is 17.3. The predicted octanol–water partition coefficient (Wildman–Crippen LogP) is 4.42. The average molecular weight is 377 g/mol. The summed E-state index contributed by atoms with van der Waals surface area (Å²) in [5.74, 6) is 1.39. The third-order valence-electron chi connectivity index (χ3n) is 3.61. The van der Waals surface area contributed by atoms with Gasteiger partial charge >= 0.3 is 0 Å². The van der Waals surface area contributed by atoms with E-state index in [4.69, 9.17) is 32.7 Å². The molecule has 25 heavy (non-hydrogen) atoms. The molecule has 0 radical (unpaired) electrons. The summed E-state index contributed by atoms with van der Waals surface area (Å²) in [5, 5.41) is 1.36. The van der Waals surface area contributed by atoms with Crippen molar-refractivity contribution >= 4 is 46.3 Å². The van der Waals surface area contributed by atoms with Crippen LogP contribution in [-0.2, 0) is 0 Å². The Morgan fingerprint density at radius 3 is 2.40 bits per heavy atom. The third kappa shape index (κ3) is 3.62. The standard InChI is InChI=1S/C18H14Cl2N2O3/c1-24-15-8-11-14(9-16(15)25-2)21-17(22-18(11)23)6-4-10-3-5-12(19)13(20)7-10/h3-9H,1-2H3,(H,21,22,23)/b6-4+. The van der Waals surface area contributed by atoms with Crippen LogP contribution in [0.5, 0.6) is 11.5 Å². The number of nitrogens with one attached hydrogen (secondary N) is 1. The van der Waals surface area contributed by atoms with Gasteiger partial charge in [0, 0.05) is 6.07 Å². The van der Waals surface area contributed by atoms with Crippen LogP contribution >= 0.6 is 23.2 Å². The zero-order valence-corrected chi connectivity index (χ0v) is 15.0. The molecule has 3 aromatic rings. The van der Waals surface area contributed by atoms with Gasteiger partial charge in [0.05, 0.1) is 35.2 Å². The van der Waals surface area contributed by atoms with Crippen molar-refractivity contribution in [1.82, 2.24) is 9.97 Å². The van der Waals surface area contributed by atoms with E-state index in [1.807, 2.05) is 6.07 Å². The second kappa shape index (κ2) is 7.17. The molecule has 0 aliphatic rings. The maximum absolute atomic E-state index is 12.3. The molecule has 0 aliphatic carbocycles. The number of ether oxygens (including phenoxy) is 2. The molecule has 1 heterocycles. The first-order valence-corrected chi connectivity index (χ1v) is 8.06. The lowest BCUT2D eigenvalue weighted by molar-refractivity contribution is 0.355. The molecular weight excluding hydrogens is 363 g/mol. The van der Waals surface area contributed by atoms with E-state index in [0.717, 1.165) is 5.56 Å². The van der Waals surface area contributed by atoms with Crippen LogP contribution in [0.3, 0.4) is 0 Å². The fraction of sp³-hybridized carbons (Fsp3) is 0.111. The molecule has 0 amide bonds.